The molecule has 13 heavy (non-hydrogen) atoms. The second kappa shape index (κ2) is 3.14. The Morgan fingerprint density at radius 1 is 1.54 bits per heavy atom. The first-order valence-electron chi connectivity index (χ1n) is 4.33. The minimum Gasteiger partial charge on any atom is -0.349 e. The summed E-state index contributed by atoms with van der Waals surface area (Å²) >= 11 is 3.52. The Bertz CT molecular complexity index is 445. The standard InChI is InChI=1S/C10H11BrN2/c1-3-8-7(11)6-10-9(12-8)4-5-13(10)2/h4-6H,3H2,1-2H3. The molecule has 0 N–H and O–H groups in total. The lowest BCUT2D eigenvalue weighted by Gasteiger charge is -2.01. The highest BCUT2D eigenvalue weighted by molar-refractivity contribution is 9.10. The van der Waals surface area contributed by atoms with Gasteiger partial charge in [0, 0.05) is 17.7 Å². The van der Waals surface area contributed by atoms with Gasteiger partial charge >= 0.3 is 0 Å². The lowest BCUT2D eigenvalue weighted by atomic mass is 10.2. The Labute approximate surface area is 85.7 Å². The third-order valence-corrected chi connectivity index (χ3v) is 2.91. The van der Waals surface area contributed by atoms with Crippen LogP contribution in [-0.2, 0) is 13.5 Å². The zero-order chi connectivity index (χ0) is 9.42. The van der Waals surface area contributed by atoms with Crippen LogP contribution in [0.1, 0.15) is 12.6 Å². The van der Waals surface area contributed by atoms with Crippen LogP contribution >= 0.6 is 15.9 Å². The number of pyridine rings is 1. The maximum Gasteiger partial charge on any atom is 0.0885 e. The third-order valence-electron chi connectivity index (χ3n) is 2.23. The van der Waals surface area contributed by atoms with Crippen LogP contribution in [0.3, 0.4) is 0 Å². The Hall–Kier alpha value is -0.830. The fraction of sp³-hybridized carbons (Fsp3) is 0.300. The average molecular weight is 239 g/mol. The lowest BCUT2D eigenvalue weighted by Crippen LogP contribution is -1.91. The number of aryl methyl sites for hydroxylation is 2. The van der Waals surface area contributed by atoms with Crippen LogP contribution in [0.25, 0.3) is 11.0 Å². The minimum absolute atomic E-state index is 0.964. The van der Waals surface area contributed by atoms with Crippen molar-refractivity contribution >= 4 is 27.0 Å². The highest BCUT2D eigenvalue weighted by Crippen LogP contribution is 2.21. The van der Waals surface area contributed by atoms with Gasteiger partial charge in [-0.2, -0.15) is 0 Å². The van der Waals surface area contributed by atoms with Gasteiger partial charge in [-0.1, -0.05) is 6.92 Å². The Balaban J connectivity index is 2.76. The third kappa shape index (κ3) is 1.37. The Morgan fingerprint density at radius 3 is 3.00 bits per heavy atom. The van der Waals surface area contributed by atoms with Crippen LogP contribution in [-0.4, -0.2) is 9.55 Å². The van der Waals surface area contributed by atoms with Gasteiger partial charge in [0.1, 0.15) is 0 Å². The first-order valence-corrected chi connectivity index (χ1v) is 5.12. The monoisotopic (exact) mass is 238 g/mol. The van der Waals surface area contributed by atoms with E-state index in [4.69, 9.17) is 0 Å². The van der Waals surface area contributed by atoms with Crippen molar-refractivity contribution in [3.05, 3.63) is 28.5 Å². The van der Waals surface area contributed by atoms with E-state index in [1.165, 1.54) is 5.52 Å². The fourth-order valence-corrected chi connectivity index (χ4v) is 2.04. The summed E-state index contributed by atoms with van der Waals surface area (Å²) < 4.78 is 3.18. The molecule has 2 rings (SSSR count). The van der Waals surface area contributed by atoms with Gasteiger partial charge in [-0.05, 0) is 34.5 Å². The molecule has 0 aromatic carbocycles. The molecule has 0 aliphatic heterocycles. The Morgan fingerprint density at radius 2 is 2.31 bits per heavy atom. The molecule has 2 heterocycles. The van der Waals surface area contributed by atoms with Crippen molar-refractivity contribution in [2.75, 3.05) is 0 Å². The molecule has 3 heteroatoms. The van der Waals surface area contributed by atoms with Gasteiger partial charge in [0.05, 0.1) is 16.7 Å². The zero-order valence-corrected chi connectivity index (χ0v) is 9.30. The number of nitrogens with zero attached hydrogens (tertiary/aromatic N) is 2. The quantitative estimate of drug-likeness (QED) is 0.748. The molecule has 68 valence electrons. The van der Waals surface area contributed by atoms with Gasteiger partial charge < -0.3 is 4.57 Å². The van der Waals surface area contributed by atoms with E-state index in [9.17, 15) is 0 Å². The molecule has 0 aliphatic rings. The van der Waals surface area contributed by atoms with Gasteiger partial charge in [-0.3, -0.25) is 4.98 Å². The van der Waals surface area contributed by atoms with Crippen molar-refractivity contribution in [2.45, 2.75) is 13.3 Å². The van der Waals surface area contributed by atoms with E-state index in [1.54, 1.807) is 0 Å². The van der Waals surface area contributed by atoms with Crippen LogP contribution < -0.4 is 0 Å². The molecule has 0 radical (unpaired) electrons. The summed E-state index contributed by atoms with van der Waals surface area (Å²) in [6.07, 6.45) is 3.00. The molecule has 2 nitrogen and oxygen atoms in total. The molecule has 0 fully saturated rings. The number of aromatic nitrogens is 2. The number of rotatable bonds is 1. The number of halogens is 1. The largest absolute Gasteiger partial charge is 0.349 e. The molecule has 2 aromatic heterocycles. The molecule has 0 spiro atoms. The van der Waals surface area contributed by atoms with Gasteiger partial charge in [0.2, 0.25) is 0 Å². The van der Waals surface area contributed by atoms with E-state index in [1.807, 2.05) is 19.3 Å². The van der Waals surface area contributed by atoms with E-state index < -0.39 is 0 Å². The summed E-state index contributed by atoms with van der Waals surface area (Å²) in [5.41, 5.74) is 3.37. The maximum atomic E-state index is 4.55. The fourth-order valence-electron chi connectivity index (χ4n) is 1.45. The van der Waals surface area contributed by atoms with Gasteiger partial charge in [-0.25, -0.2) is 0 Å². The SMILES string of the molecule is CCc1nc2ccn(C)c2cc1Br. The van der Waals surface area contributed by atoms with Crippen LogP contribution in [0.15, 0.2) is 22.8 Å². The van der Waals surface area contributed by atoms with Crippen LogP contribution in [0.5, 0.6) is 0 Å². The van der Waals surface area contributed by atoms with Crippen LogP contribution in [0, 0.1) is 0 Å². The van der Waals surface area contributed by atoms with Crippen molar-refractivity contribution in [1.29, 1.82) is 0 Å². The smallest absolute Gasteiger partial charge is 0.0885 e. The molecular formula is C10H11BrN2. The Kier molecular flexibility index (Phi) is 2.12. The summed E-state index contributed by atoms with van der Waals surface area (Å²) in [6.45, 7) is 2.11. The normalized spacial score (nSPS) is 11.0. The van der Waals surface area contributed by atoms with Crippen LogP contribution in [0.4, 0.5) is 0 Å². The van der Waals surface area contributed by atoms with E-state index in [0.717, 1.165) is 22.1 Å². The first-order chi connectivity index (χ1) is 6.22. The summed E-state index contributed by atoms with van der Waals surface area (Å²) in [7, 11) is 2.03. The lowest BCUT2D eigenvalue weighted by molar-refractivity contribution is 0.963. The van der Waals surface area contributed by atoms with E-state index in [-0.39, 0.29) is 0 Å². The van der Waals surface area contributed by atoms with Crippen LogP contribution in [0.2, 0.25) is 0 Å². The highest BCUT2D eigenvalue weighted by Gasteiger charge is 2.04. The minimum atomic E-state index is 0.964. The molecular weight excluding hydrogens is 228 g/mol. The summed E-state index contributed by atoms with van der Waals surface area (Å²) in [4.78, 5) is 4.55. The van der Waals surface area contributed by atoms with E-state index in [0.29, 0.717) is 0 Å². The predicted octanol–water partition coefficient (Wildman–Crippen LogP) is 2.90. The second-order valence-corrected chi connectivity index (χ2v) is 3.96. The molecule has 2 aromatic rings. The zero-order valence-electron chi connectivity index (χ0n) is 7.71. The molecule has 0 saturated carbocycles. The summed E-state index contributed by atoms with van der Waals surface area (Å²) in [6, 6.07) is 4.17. The van der Waals surface area contributed by atoms with Gasteiger partial charge in [-0.15, -0.1) is 0 Å². The molecule has 0 saturated heterocycles. The van der Waals surface area contributed by atoms with Crippen molar-refractivity contribution in [3.8, 4) is 0 Å². The van der Waals surface area contributed by atoms with Gasteiger partial charge in [0.25, 0.3) is 0 Å². The van der Waals surface area contributed by atoms with Crippen molar-refractivity contribution in [1.82, 2.24) is 9.55 Å². The number of hydrogen-bond donors (Lipinski definition) is 0. The molecule has 0 atom stereocenters. The van der Waals surface area contributed by atoms with Crippen molar-refractivity contribution in [2.24, 2.45) is 7.05 Å². The second-order valence-electron chi connectivity index (χ2n) is 3.10. The summed E-state index contributed by atoms with van der Waals surface area (Å²) in [5, 5.41) is 0. The van der Waals surface area contributed by atoms with Crippen molar-refractivity contribution in [3.63, 3.8) is 0 Å². The predicted molar refractivity (Wildman–Crippen MR) is 57.8 cm³/mol. The first kappa shape index (κ1) is 8.75. The topological polar surface area (TPSA) is 17.8 Å². The average Bonchev–Trinajstić information content (AvgIpc) is 2.47. The highest BCUT2D eigenvalue weighted by atomic mass is 79.9. The summed E-state index contributed by atoms with van der Waals surface area (Å²) in [5.74, 6) is 0. The number of fused-ring (bicyclic) bond motifs is 1. The number of hydrogen-bond acceptors (Lipinski definition) is 1. The molecule has 0 aliphatic carbocycles. The van der Waals surface area contributed by atoms with E-state index >= 15 is 0 Å². The van der Waals surface area contributed by atoms with Crippen molar-refractivity contribution < 1.29 is 0 Å². The molecule has 0 bridgehead atoms. The van der Waals surface area contributed by atoms with Gasteiger partial charge in [0.15, 0.2) is 0 Å². The molecule has 0 unspecified atom stereocenters. The molecule has 0 amide bonds. The maximum absolute atomic E-state index is 4.55. The van der Waals surface area contributed by atoms with E-state index in [2.05, 4.69) is 38.5 Å².